The molecule has 1 atom stereocenters. The molecule has 2 aromatic rings. The minimum Gasteiger partial charge on any atom is -0.444 e. The maximum atomic E-state index is 12.2. The van der Waals surface area contributed by atoms with Crippen LogP contribution in [0.2, 0.25) is 5.02 Å². The van der Waals surface area contributed by atoms with E-state index >= 15 is 0 Å². The van der Waals surface area contributed by atoms with Gasteiger partial charge in [-0.3, -0.25) is 4.79 Å². The quantitative estimate of drug-likeness (QED) is 0.763. The van der Waals surface area contributed by atoms with Crippen LogP contribution >= 0.6 is 22.9 Å². The number of nitrogens with one attached hydrogen (secondary N) is 1. The van der Waals surface area contributed by atoms with E-state index in [1.165, 1.54) is 11.3 Å². The Morgan fingerprint density at radius 1 is 1.29 bits per heavy atom. The molecule has 1 N–H and O–H groups in total. The fraction of sp³-hybridized carbons (Fsp3) is 0.333. The zero-order valence-electron chi connectivity index (χ0n) is 14.1. The fourth-order valence-electron chi connectivity index (χ4n) is 2.15. The van der Waals surface area contributed by atoms with Gasteiger partial charge in [0, 0.05) is 5.02 Å². The Hall–Kier alpha value is -1.85. The van der Waals surface area contributed by atoms with Gasteiger partial charge >= 0.3 is 6.09 Å². The number of ether oxygens (including phenoxy) is 1. The molecule has 0 bridgehead atoms. The van der Waals surface area contributed by atoms with Gasteiger partial charge in [-0.25, -0.2) is 4.79 Å². The van der Waals surface area contributed by atoms with Gasteiger partial charge in [0.1, 0.15) is 5.60 Å². The number of carbonyl (C=O) groups excluding carboxylic acids is 2. The van der Waals surface area contributed by atoms with Crippen molar-refractivity contribution in [1.82, 2.24) is 5.32 Å². The smallest absolute Gasteiger partial charge is 0.408 e. The zero-order chi connectivity index (χ0) is 17.9. The van der Waals surface area contributed by atoms with Crippen LogP contribution in [0.15, 0.2) is 29.6 Å². The number of aryl methyl sites for hydroxylation is 1. The van der Waals surface area contributed by atoms with Gasteiger partial charge < -0.3 is 10.1 Å². The van der Waals surface area contributed by atoms with Crippen LogP contribution in [-0.2, 0) is 4.74 Å². The zero-order valence-corrected chi connectivity index (χ0v) is 15.6. The minimum absolute atomic E-state index is 0.442. The van der Waals surface area contributed by atoms with Crippen molar-refractivity contribution in [3.63, 3.8) is 0 Å². The largest absolute Gasteiger partial charge is 0.444 e. The molecule has 128 valence electrons. The van der Waals surface area contributed by atoms with Crippen molar-refractivity contribution in [2.75, 3.05) is 0 Å². The van der Waals surface area contributed by atoms with E-state index in [1.54, 1.807) is 26.8 Å². The first kappa shape index (κ1) is 18.5. The molecule has 1 unspecified atom stereocenters. The van der Waals surface area contributed by atoms with Crippen molar-refractivity contribution < 1.29 is 14.3 Å². The van der Waals surface area contributed by atoms with Gasteiger partial charge in [0.2, 0.25) is 0 Å². The van der Waals surface area contributed by atoms with E-state index in [2.05, 4.69) is 5.32 Å². The monoisotopic (exact) mass is 365 g/mol. The Bertz CT molecular complexity index is 749. The molecule has 2 rings (SSSR count). The number of rotatable bonds is 4. The number of thiophene rings is 1. The predicted octanol–water partition coefficient (Wildman–Crippen LogP) is 5.14. The first-order valence-electron chi connectivity index (χ1n) is 7.49. The second kappa shape index (κ2) is 7.36. The Balaban J connectivity index is 2.35. The van der Waals surface area contributed by atoms with Crippen molar-refractivity contribution in [2.45, 2.75) is 39.3 Å². The van der Waals surface area contributed by atoms with Gasteiger partial charge in [-0.05, 0) is 61.9 Å². The summed E-state index contributed by atoms with van der Waals surface area (Å²) in [6.45, 7) is 7.33. The number of hydrogen-bond acceptors (Lipinski definition) is 4. The summed E-state index contributed by atoms with van der Waals surface area (Å²) in [6, 6.07) is 6.93. The molecule has 6 heteroatoms. The molecule has 0 aliphatic rings. The fourth-order valence-corrected chi connectivity index (χ4v) is 3.08. The summed E-state index contributed by atoms with van der Waals surface area (Å²) >= 11 is 7.55. The van der Waals surface area contributed by atoms with Crippen LogP contribution in [0.3, 0.4) is 0 Å². The standard InChI is InChI=1S/C18H20ClNO3S/c1-11-5-6-12(8-15(11)19)16(13-7-14(9-21)24-10-13)20-17(22)23-18(2,3)4/h5-10,16H,1-4H3,(H,20,22). The van der Waals surface area contributed by atoms with Gasteiger partial charge in [-0.15, -0.1) is 11.3 Å². The highest BCUT2D eigenvalue weighted by Gasteiger charge is 2.23. The molecule has 0 radical (unpaired) electrons. The van der Waals surface area contributed by atoms with Crippen LogP contribution in [-0.4, -0.2) is 18.0 Å². The van der Waals surface area contributed by atoms with Crippen LogP contribution in [0.25, 0.3) is 0 Å². The lowest BCUT2D eigenvalue weighted by Crippen LogP contribution is -2.35. The summed E-state index contributed by atoms with van der Waals surface area (Å²) in [6.07, 6.45) is 0.268. The second-order valence-electron chi connectivity index (χ2n) is 6.49. The third-order valence-corrected chi connectivity index (χ3v) is 4.56. The van der Waals surface area contributed by atoms with Gasteiger partial charge in [-0.2, -0.15) is 0 Å². The Labute approximate surface area is 150 Å². The molecular formula is C18H20ClNO3S. The number of amides is 1. The molecule has 0 aliphatic carbocycles. The molecule has 24 heavy (non-hydrogen) atoms. The van der Waals surface area contributed by atoms with Crippen LogP contribution in [0.5, 0.6) is 0 Å². The van der Waals surface area contributed by atoms with Crippen LogP contribution in [0.4, 0.5) is 4.79 Å². The Morgan fingerprint density at radius 2 is 2.00 bits per heavy atom. The molecule has 1 aromatic heterocycles. The minimum atomic E-state index is -0.595. The summed E-state index contributed by atoms with van der Waals surface area (Å²) in [5.74, 6) is 0. The Kier molecular flexibility index (Phi) is 5.67. The highest BCUT2D eigenvalue weighted by atomic mass is 35.5. The summed E-state index contributed by atoms with van der Waals surface area (Å²) in [5, 5.41) is 5.33. The molecule has 0 aliphatic heterocycles. The SMILES string of the molecule is Cc1ccc(C(NC(=O)OC(C)(C)C)c2csc(C=O)c2)cc1Cl. The van der Waals surface area contributed by atoms with Crippen LogP contribution in [0.1, 0.15) is 53.2 Å². The number of benzene rings is 1. The summed E-state index contributed by atoms with van der Waals surface area (Å²) in [5.41, 5.74) is 2.00. The summed E-state index contributed by atoms with van der Waals surface area (Å²) < 4.78 is 5.35. The lowest BCUT2D eigenvalue weighted by molar-refractivity contribution is 0.0512. The summed E-state index contributed by atoms with van der Waals surface area (Å²) in [7, 11) is 0. The number of aldehydes is 1. The van der Waals surface area contributed by atoms with E-state index < -0.39 is 17.7 Å². The molecule has 1 amide bonds. The molecule has 0 saturated carbocycles. The molecule has 0 spiro atoms. The van der Waals surface area contributed by atoms with Crippen molar-refractivity contribution >= 4 is 35.3 Å². The van der Waals surface area contributed by atoms with E-state index in [9.17, 15) is 9.59 Å². The highest BCUT2D eigenvalue weighted by Crippen LogP contribution is 2.29. The lowest BCUT2D eigenvalue weighted by Gasteiger charge is -2.24. The van der Waals surface area contributed by atoms with Gasteiger partial charge in [-0.1, -0.05) is 23.7 Å². The number of hydrogen-bond donors (Lipinski definition) is 1. The van der Waals surface area contributed by atoms with Crippen molar-refractivity contribution in [1.29, 1.82) is 0 Å². The molecule has 4 nitrogen and oxygen atoms in total. The highest BCUT2D eigenvalue weighted by molar-refractivity contribution is 7.11. The van der Waals surface area contributed by atoms with Crippen LogP contribution in [0, 0.1) is 6.92 Å². The first-order chi connectivity index (χ1) is 11.2. The average Bonchev–Trinajstić information content (AvgIpc) is 2.94. The molecule has 1 heterocycles. The lowest BCUT2D eigenvalue weighted by atomic mass is 10.00. The Morgan fingerprint density at radius 3 is 2.54 bits per heavy atom. The van der Waals surface area contributed by atoms with E-state index in [0.29, 0.717) is 9.90 Å². The maximum Gasteiger partial charge on any atom is 0.408 e. The maximum absolute atomic E-state index is 12.2. The topological polar surface area (TPSA) is 55.4 Å². The number of halogens is 1. The van der Waals surface area contributed by atoms with E-state index in [4.69, 9.17) is 16.3 Å². The predicted molar refractivity (Wildman–Crippen MR) is 97.1 cm³/mol. The second-order valence-corrected chi connectivity index (χ2v) is 7.84. The third-order valence-electron chi connectivity index (χ3n) is 3.28. The molecule has 0 fully saturated rings. The van der Waals surface area contributed by atoms with Crippen molar-refractivity contribution in [3.8, 4) is 0 Å². The first-order valence-corrected chi connectivity index (χ1v) is 8.74. The molecular weight excluding hydrogens is 346 g/mol. The molecule has 0 saturated heterocycles. The van der Waals surface area contributed by atoms with Crippen molar-refractivity contribution in [2.24, 2.45) is 0 Å². The van der Waals surface area contributed by atoms with Gasteiger partial charge in [0.25, 0.3) is 0 Å². The van der Waals surface area contributed by atoms with Gasteiger partial charge in [0.15, 0.2) is 6.29 Å². The number of carbonyl (C=O) groups is 2. The van der Waals surface area contributed by atoms with E-state index in [1.807, 2.05) is 30.5 Å². The normalized spacial score (nSPS) is 12.5. The average molecular weight is 366 g/mol. The van der Waals surface area contributed by atoms with E-state index in [-0.39, 0.29) is 0 Å². The van der Waals surface area contributed by atoms with Gasteiger partial charge in [0.05, 0.1) is 10.9 Å². The molecule has 1 aromatic carbocycles. The number of alkyl carbamates (subject to hydrolysis) is 1. The van der Waals surface area contributed by atoms with E-state index in [0.717, 1.165) is 23.0 Å². The van der Waals surface area contributed by atoms with Crippen LogP contribution < -0.4 is 5.32 Å². The summed E-state index contributed by atoms with van der Waals surface area (Å²) in [4.78, 5) is 23.8. The van der Waals surface area contributed by atoms with Crippen molar-refractivity contribution in [3.05, 3.63) is 56.2 Å². The third kappa shape index (κ3) is 4.82.